The van der Waals surface area contributed by atoms with Gasteiger partial charge in [0.25, 0.3) is 0 Å². The minimum atomic E-state index is -1.43. The van der Waals surface area contributed by atoms with Crippen molar-refractivity contribution in [2.75, 3.05) is 0 Å². The highest BCUT2D eigenvalue weighted by Gasteiger charge is 2.17. The average Bonchev–Trinajstić information content (AvgIpc) is 2.36. The Labute approximate surface area is 92.4 Å². The van der Waals surface area contributed by atoms with Crippen molar-refractivity contribution < 1.29 is 10.2 Å². The van der Waals surface area contributed by atoms with Crippen molar-refractivity contribution in [3.63, 3.8) is 0 Å². The summed E-state index contributed by atoms with van der Waals surface area (Å²) in [5.41, 5.74) is 1.25. The van der Waals surface area contributed by atoms with E-state index >= 15 is 0 Å². The first-order chi connectivity index (χ1) is 7.72. The van der Waals surface area contributed by atoms with Crippen LogP contribution in [0.3, 0.4) is 0 Å². The Kier molecular flexibility index (Phi) is 2.82. The minimum Gasteiger partial charge on any atom is -0.384 e. The molecule has 1 aromatic heterocycles. The molecule has 2 rings (SSSR count). The van der Waals surface area contributed by atoms with Crippen LogP contribution in [0.25, 0.3) is 10.9 Å². The van der Waals surface area contributed by atoms with Crippen LogP contribution in [0, 0.1) is 11.3 Å². The average molecular weight is 214 g/mol. The van der Waals surface area contributed by atoms with Crippen molar-refractivity contribution in [3.8, 4) is 6.07 Å². The third-order valence-electron chi connectivity index (χ3n) is 2.38. The van der Waals surface area contributed by atoms with E-state index in [0.717, 1.165) is 10.9 Å². The van der Waals surface area contributed by atoms with E-state index in [2.05, 4.69) is 4.98 Å². The maximum atomic E-state index is 9.64. The van der Waals surface area contributed by atoms with Crippen molar-refractivity contribution in [3.05, 3.63) is 42.1 Å². The maximum absolute atomic E-state index is 9.64. The maximum Gasteiger partial charge on any atom is 0.170 e. The van der Waals surface area contributed by atoms with Crippen molar-refractivity contribution in [1.82, 2.24) is 4.98 Å². The smallest absolute Gasteiger partial charge is 0.170 e. The monoisotopic (exact) mass is 214 g/mol. The standard InChI is InChI=1S/C12H10N2O2/c13-6-11(15)12(16)9-5-8-3-1-2-4-10(8)14-7-9/h1-5,7,11-12,15-16H. The molecule has 80 valence electrons. The van der Waals surface area contributed by atoms with Crippen molar-refractivity contribution in [2.24, 2.45) is 0 Å². The van der Waals surface area contributed by atoms with Gasteiger partial charge in [-0.15, -0.1) is 0 Å². The minimum absolute atomic E-state index is 0.438. The summed E-state index contributed by atoms with van der Waals surface area (Å²) in [4.78, 5) is 4.14. The van der Waals surface area contributed by atoms with Crippen molar-refractivity contribution >= 4 is 10.9 Å². The summed E-state index contributed by atoms with van der Waals surface area (Å²) in [5.74, 6) is 0. The van der Waals surface area contributed by atoms with Crippen LogP contribution in [0.15, 0.2) is 36.5 Å². The van der Waals surface area contributed by atoms with Crippen LogP contribution in [-0.2, 0) is 0 Å². The van der Waals surface area contributed by atoms with Crippen LogP contribution in [0.4, 0.5) is 0 Å². The molecule has 0 aliphatic rings. The van der Waals surface area contributed by atoms with E-state index in [-0.39, 0.29) is 0 Å². The zero-order valence-corrected chi connectivity index (χ0v) is 8.41. The highest BCUT2D eigenvalue weighted by atomic mass is 16.3. The van der Waals surface area contributed by atoms with E-state index in [4.69, 9.17) is 5.26 Å². The first-order valence-electron chi connectivity index (χ1n) is 4.83. The van der Waals surface area contributed by atoms with Gasteiger partial charge in [0.2, 0.25) is 0 Å². The van der Waals surface area contributed by atoms with Crippen molar-refractivity contribution in [1.29, 1.82) is 5.26 Å². The lowest BCUT2D eigenvalue weighted by Crippen LogP contribution is -2.15. The normalized spacial score (nSPS) is 14.3. The van der Waals surface area contributed by atoms with E-state index in [1.54, 1.807) is 12.1 Å². The predicted octanol–water partition coefficient (Wildman–Crippen LogP) is 1.15. The molecule has 1 aromatic carbocycles. The number of aliphatic hydroxyl groups is 2. The van der Waals surface area contributed by atoms with Crippen LogP contribution in [0.1, 0.15) is 11.7 Å². The molecular weight excluding hydrogens is 204 g/mol. The Balaban J connectivity index is 2.44. The lowest BCUT2D eigenvalue weighted by atomic mass is 10.1. The van der Waals surface area contributed by atoms with Gasteiger partial charge in [-0.2, -0.15) is 5.26 Å². The summed E-state index contributed by atoms with van der Waals surface area (Å²) in [7, 11) is 0. The van der Waals surface area contributed by atoms with E-state index in [1.165, 1.54) is 6.20 Å². The second-order valence-electron chi connectivity index (χ2n) is 3.48. The second kappa shape index (κ2) is 4.27. The van der Waals surface area contributed by atoms with Crippen LogP contribution < -0.4 is 0 Å². The number of para-hydroxylation sites is 1. The highest BCUT2D eigenvalue weighted by Crippen LogP contribution is 2.20. The quantitative estimate of drug-likeness (QED) is 0.735. The summed E-state index contributed by atoms with van der Waals surface area (Å²) in [6.07, 6.45) is -1.18. The predicted molar refractivity (Wildman–Crippen MR) is 58.3 cm³/mol. The third kappa shape index (κ3) is 1.87. The summed E-state index contributed by atoms with van der Waals surface area (Å²) in [6.45, 7) is 0. The molecule has 0 aliphatic carbocycles. The molecule has 0 fully saturated rings. The first kappa shape index (κ1) is 10.6. The molecule has 2 unspecified atom stereocenters. The number of fused-ring (bicyclic) bond motifs is 1. The Hall–Kier alpha value is -1.96. The number of nitrogens with zero attached hydrogens (tertiary/aromatic N) is 2. The van der Waals surface area contributed by atoms with Gasteiger partial charge in [0.05, 0.1) is 11.6 Å². The fourth-order valence-electron chi connectivity index (χ4n) is 1.50. The number of hydrogen-bond donors (Lipinski definition) is 2. The van der Waals surface area contributed by atoms with Crippen LogP contribution >= 0.6 is 0 Å². The molecule has 0 radical (unpaired) electrons. The molecule has 4 nitrogen and oxygen atoms in total. The van der Waals surface area contributed by atoms with Gasteiger partial charge < -0.3 is 10.2 Å². The molecule has 0 amide bonds. The summed E-state index contributed by atoms with van der Waals surface area (Å²) >= 11 is 0. The van der Waals surface area contributed by atoms with Gasteiger partial charge in [0.1, 0.15) is 6.10 Å². The third-order valence-corrected chi connectivity index (χ3v) is 2.38. The Morgan fingerprint density at radius 2 is 2.00 bits per heavy atom. The molecule has 0 spiro atoms. The van der Waals surface area contributed by atoms with E-state index in [1.807, 2.05) is 24.3 Å². The number of nitriles is 1. The molecule has 0 saturated heterocycles. The molecule has 2 N–H and O–H groups in total. The molecule has 0 saturated carbocycles. The number of aromatic nitrogens is 1. The lowest BCUT2D eigenvalue weighted by Gasteiger charge is -2.11. The van der Waals surface area contributed by atoms with E-state index in [0.29, 0.717) is 5.56 Å². The fourth-order valence-corrected chi connectivity index (χ4v) is 1.50. The number of aliphatic hydroxyl groups excluding tert-OH is 2. The topological polar surface area (TPSA) is 77.1 Å². The number of hydrogen-bond acceptors (Lipinski definition) is 4. The van der Waals surface area contributed by atoms with Crippen LogP contribution in [-0.4, -0.2) is 21.3 Å². The second-order valence-corrected chi connectivity index (χ2v) is 3.48. The van der Waals surface area contributed by atoms with Crippen LogP contribution in [0.2, 0.25) is 0 Å². The first-order valence-corrected chi connectivity index (χ1v) is 4.83. The van der Waals surface area contributed by atoms with E-state index in [9.17, 15) is 10.2 Å². The summed E-state index contributed by atoms with van der Waals surface area (Å²) < 4.78 is 0. The molecule has 2 aromatic rings. The van der Waals surface area contributed by atoms with Gasteiger partial charge in [0.15, 0.2) is 6.10 Å². The fraction of sp³-hybridized carbons (Fsp3) is 0.167. The molecule has 16 heavy (non-hydrogen) atoms. The van der Waals surface area contributed by atoms with Gasteiger partial charge in [-0.1, -0.05) is 18.2 Å². The van der Waals surface area contributed by atoms with Gasteiger partial charge in [-0.05, 0) is 12.1 Å². The van der Waals surface area contributed by atoms with Crippen molar-refractivity contribution in [2.45, 2.75) is 12.2 Å². The summed E-state index contributed by atoms with van der Waals surface area (Å²) in [5, 5.41) is 28.2. The molecular formula is C12H10N2O2. The largest absolute Gasteiger partial charge is 0.384 e. The van der Waals surface area contributed by atoms with Gasteiger partial charge in [0, 0.05) is 17.1 Å². The molecule has 4 heteroatoms. The van der Waals surface area contributed by atoms with Gasteiger partial charge >= 0.3 is 0 Å². The SMILES string of the molecule is N#CC(O)C(O)c1cnc2ccccc2c1. The highest BCUT2D eigenvalue weighted by molar-refractivity contribution is 5.78. The molecule has 2 atom stereocenters. The number of pyridine rings is 1. The Morgan fingerprint density at radius 1 is 1.25 bits per heavy atom. The Morgan fingerprint density at radius 3 is 2.75 bits per heavy atom. The molecule has 1 heterocycles. The molecule has 0 bridgehead atoms. The zero-order chi connectivity index (χ0) is 11.5. The van der Waals surface area contributed by atoms with Crippen LogP contribution in [0.5, 0.6) is 0 Å². The Bertz CT molecular complexity index is 548. The number of rotatable bonds is 2. The lowest BCUT2D eigenvalue weighted by molar-refractivity contribution is 0.0527. The zero-order valence-electron chi connectivity index (χ0n) is 8.41. The van der Waals surface area contributed by atoms with Gasteiger partial charge in [-0.3, -0.25) is 4.98 Å². The van der Waals surface area contributed by atoms with Gasteiger partial charge in [-0.25, -0.2) is 0 Å². The number of benzene rings is 1. The summed E-state index contributed by atoms with van der Waals surface area (Å²) in [6, 6.07) is 10.7. The van der Waals surface area contributed by atoms with E-state index < -0.39 is 12.2 Å². The molecule has 0 aliphatic heterocycles.